The van der Waals surface area contributed by atoms with E-state index in [0.717, 1.165) is 11.3 Å². The van der Waals surface area contributed by atoms with Gasteiger partial charge in [-0.2, -0.15) is 0 Å². The van der Waals surface area contributed by atoms with E-state index in [1.807, 2.05) is 11.8 Å². The molecule has 1 unspecified atom stereocenters. The maximum absolute atomic E-state index is 12.4. The summed E-state index contributed by atoms with van der Waals surface area (Å²) in [4.78, 5) is 23.4. The number of ether oxygens (including phenoxy) is 1. The van der Waals surface area contributed by atoms with Crippen molar-refractivity contribution in [3.05, 3.63) is 53.6 Å². The molecule has 2 aromatic carbocycles. The van der Waals surface area contributed by atoms with E-state index in [1.165, 1.54) is 0 Å². The Hall–Kier alpha value is -2.34. The lowest BCUT2D eigenvalue weighted by Crippen LogP contribution is -2.36. The van der Waals surface area contributed by atoms with Gasteiger partial charge in [0.2, 0.25) is 0 Å². The molecule has 1 fully saturated rings. The van der Waals surface area contributed by atoms with Crippen molar-refractivity contribution in [2.75, 3.05) is 31.2 Å². The minimum absolute atomic E-state index is 0.00179. The maximum Gasteiger partial charge on any atom is 0.584 e. The van der Waals surface area contributed by atoms with Crippen LogP contribution in [-0.2, 0) is 9.30 Å². The summed E-state index contributed by atoms with van der Waals surface area (Å²) < 4.78 is 27.9. The number of carbonyl (C=O) groups is 1. The number of aldehydes is 1. The molecule has 0 saturated carbocycles. The highest BCUT2D eigenvalue weighted by atomic mass is 31.2. The van der Waals surface area contributed by atoms with E-state index in [1.54, 1.807) is 42.5 Å². The summed E-state index contributed by atoms with van der Waals surface area (Å²) in [6, 6.07) is 11.6. The molecule has 1 atom stereocenters. The van der Waals surface area contributed by atoms with E-state index in [9.17, 15) is 14.3 Å². The zero-order valence-electron chi connectivity index (χ0n) is 14.3. The van der Waals surface area contributed by atoms with Crippen molar-refractivity contribution in [1.82, 2.24) is 0 Å². The van der Waals surface area contributed by atoms with Gasteiger partial charge >= 0.3 is 7.82 Å². The number of phosphoric acid groups is 1. The van der Waals surface area contributed by atoms with E-state index in [4.69, 9.17) is 13.8 Å². The number of rotatable bonds is 6. The third-order valence-corrected chi connectivity index (χ3v) is 4.82. The molecule has 7 nitrogen and oxygen atoms in total. The lowest BCUT2D eigenvalue weighted by atomic mass is 10.2. The normalized spacial score (nSPS) is 16.6. The molecule has 1 aliphatic rings. The van der Waals surface area contributed by atoms with Crippen LogP contribution in [-0.4, -0.2) is 37.5 Å². The summed E-state index contributed by atoms with van der Waals surface area (Å²) >= 11 is 0. The van der Waals surface area contributed by atoms with E-state index in [2.05, 4.69) is 0 Å². The molecule has 0 bridgehead atoms. The maximum atomic E-state index is 12.4. The number of phosphoric ester groups is 1. The predicted molar refractivity (Wildman–Crippen MR) is 97.1 cm³/mol. The fraction of sp³-hybridized carbons (Fsp3) is 0.278. The topological polar surface area (TPSA) is 85.3 Å². The Bertz CT molecular complexity index is 817. The molecule has 138 valence electrons. The van der Waals surface area contributed by atoms with Crippen molar-refractivity contribution in [1.29, 1.82) is 0 Å². The van der Waals surface area contributed by atoms with Crippen molar-refractivity contribution in [2.45, 2.75) is 6.92 Å². The van der Waals surface area contributed by atoms with Crippen molar-refractivity contribution in [2.24, 2.45) is 0 Å². The van der Waals surface area contributed by atoms with Crippen LogP contribution in [0.5, 0.6) is 11.5 Å². The summed E-state index contributed by atoms with van der Waals surface area (Å²) in [5.74, 6) is 0.209. The van der Waals surface area contributed by atoms with Gasteiger partial charge in [0.25, 0.3) is 0 Å². The summed E-state index contributed by atoms with van der Waals surface area (Å²) in [5, 5.41) is 0. The summed E-state index contributed by atoms with van der Waals surface area (Å²) in [6.45, 7) is 4.47. The molecule has 1 saturated heterocycles. The first-order valence-corrected chi connectivity index (χ1v) is 9.67. The summed E-state index contributed by atoms with van der Waals surface area (Å²) in [5.41, 5.74) is 1.94. The minimum Gasteiger partial charge on any atom is -0.395 e. The zero-order chi connectivity index (χ0) is 18.6. The molecular formula is C18H20NO6P. The molecule has 1 aliphatic heterocycles. The highest BCUT2D eigenvalue weighted by molar-refractivity contribution is 7.48. The van der Waals surface area contributed by atoms with Gasteiger partial charge in [0.15, 0.2) is 6.29 Å². The van der Waals surface area contributed by atoms with Gasteiger partial charge < -0.3 is 18.7 Å². The van der Waals surface area contributed by atoms with Crippen molar-refractivity contribution in [3.8, 4) is 11.5 Å². The van der Waals surface area contributed by atoms with Crippen LogP contribution >= 0.6 is 7.82 Å². The smallest absolute Gasteiger partial charge is 0.395 e. The van der Waals surface area contributed by atoms with Crippen LogP contribution < -0.4 is 13.9 Å². The number of hydrogen-bond acceptors (Lipinski definition) is 6. The Kier molecular flexibility index (Phi) is 5.61. The van der Waals surface area contributed by atoms with Gasteiger partial charge in [0, 0.05) is 24.8 Å². The van der Waals surface area contributed by atoms with Crippen molar-refractivity contribution in [3.63, 3.8) is 0 Å². The van der Waals surface area contributed by atoms with Gasteiger partial charge in [0.1, 0.15) is 11.5 Å². The highest BCUT2D eigenvalue weighted by Gasteiger charge is 2.27. The lowest BCUT2D eigenvalue weighted by molar-refractivity contribution is 0.112. The minimum atomic E-state index is -4.45. The average molecular weight is 377 g/mol. The third kappa shape index (κ3) is 4.64. The van der Waals surface area contributed by atoms with Gasteiger partial charge in [-0.3, -0.25) is 9.69 Å². The first-order chi connectivity index (χ1) is 12.5. The second kappa shape index (κ2) is 7.91. The van der Waals surface area contributed by atoms with Crippen LogP contribution in [0.3, 0.4) is 0 Å². The third-order valence-electron chi connectivity index (χ3n) is 3.96. The number of hydrogen-bond donors (Lipinski definition) is 1. The van der Waals surface area contributed by atoms with E-state index >= 15 is 0 Å². The molecule has 0 spiro atoms. The highest BCUT2D eigenvalue weighted by Crippen LogP contribution is 2.45. The lowest BCUT2D eigenvalue weighted by Gasteiger charge is -2.29. The molecule has 0 radical (unpaired) electrons. The monoisotopic (exact) mass is 377 g/mol. The molecule has 8 heteroatoms. The molecule has 2 aromatic rings. The van der Waals surface area contributed by atoms with Gasteiger partial charge in [-0.25, -0.2) is 4.57 Å². The fourth-order valence-corrected chi connectivity index (χ4v) is 3.43. The Morgan fingerprint density at radius 1 is 1.12 bits per heavy atom. The van der Waals surface area contributed by atoms with Gasteiger partial charge in [0.05, 0.1) is 18.8 Å². The predicted octanol–water partition coefficient (Wildman–Crippen LogP) is 3.20. The first-order valence-electron chi connectivity index (χ1n) is 8.17. The van der Waals surface area contributed by atoms with Crippen molar-refractivity contribution < 1.29 is 28.0 Å². The van der Waals surface area contributed by atoms with Crippen LogP contribution in [0.1, 0.15) is 15.9 Å². The number of benzene rings is 2. The molecule has 1 heterocycles. The molecule has 26 heavy (non-hydrogen) atoms. The SMILES string of the molecule is Cc1ccc(OP(=O)(O)Oc2cc(N3CCOCC3)ccc2C=O)cc1. The van der Waals surface area contributed by atoms with Crippen LogP contribution in [0.4, 0.5) is 5.69 Å². The van der Waals surface area contributed by atoms with Crippen LogP contribution in [0.2, 0.25) is 0 Å². The van der Waals surface area contributed by atoms with Crippen molar-refractivity contribution >= 4 is 19.8 Å². The quantitative estimate of drug-likeness (QED) is 0.611. The molecule has 0 aromatic heterocycles. The van der Waals surface area contributed by atoms with Crippen LogP contribution in [0.25, 0.3) is 0 Å². The molecular weight excluding hydrogens is 357 g/mol. The summed E-state index contributed by atoms with van der Waals surface area (Å²) in [6.07, 6.45) is 0.574. The molecule has 0 aliphatic carbocycles. The standard InChI is InChI=1S/C18H20NO6P/c1-14-2-6-17(7-3-14)24-26(21,22)25-18-12-16(5-4-15(18)13-20)19-8-10-23-11-9-19/h2-7,12-13H,8-11H2,1H3,(H,21,22). The number of anilines is 1. The number of morpholine rings is 1. The first kappa shape index (κ1) is 18.5. The van der Waals surface area contributed by atoms with Gasteiger partial charge in [-0.15, -0.1) is 0 Å². The Balaban J connectivity index is 1.80. The number of carbonyl (C=O) groups excluding carboxylic acids is 1. The van der Waals surface area contributed by atoms with E-state index in [0.29, 0.717) is 32.6 Å². The second-order valence-corrected chi connectivity index (χ2v) is 7.21. The second-order valence-electron chi connectivity index (χ2n) is 5.90. The van der Waals surface area contributed by atoms with Gasteiger partial charge in [-0.05, 0) is 31.2 Å². The fourth-order valence-electron chi connectivity index (χ4n) is 2.59. The van der Waals surface area contributed by atoms with Gasteiger partial charge in [-0.1, -0.05) is 17.7 Å². The Morgan fingerprint density at radius 3 is 2.46 bits per heavy atom. The summed E-state index contributed by atoms with van der Waals surface area (Å²) in [7, 11) is -4.45. The van der Waals surface area contributed by atoms with E-state index < -0.39 is 7.82 Å². The number of nitrogens with zero attached hydrogens (tertiary/aromatic N) is 1. The van der Waals surface area contributed by atoms with E-state index in [-0.39, 0.29) is 17.1 Å². The molecule has 1 N–H and O–H groups in total. The zero-order valence-corrected chi connectivity index (χ0v) is 15.2. The average Bonchev–Trinajstić information content (AvgIpc) is 2.64. The molecule has 0 amide bonds. The molecule has 3 rings (SSSR count). The Labute approximate surface area is 151 Å². The largest absolute Gasteiger partial charge is 0.584 e. The van der Waals surface area contributed by atoms with Crippen LogP contribution in [0.15, 0.2) is 42.5 Å². The Morgan fingerprint density at radius 2 is 1.81 bits per heavy atom. The number of aryl methyl sites for hydroxylation is 1. The van der Waals surface area contributed by atoms with Crippen LogP contribution in [0, 0.1) is 6.92 Å².